The molecule has 0 radical (unpaired) electrons. The van der Waals surface area contributed by atoms with E-state index in [4.69, 9.17) is 4.74 Å². The molecule has 0 spiro atoms. The number of ether oxygens (including phenoxy) is 1. The minimum Gasteiger partial charge on any atom is -0.458 e. The average molecular weight is 409 g/mol. The number of esters is 1. The van der Waals surface area contributed by atoms with Crippen molar-refractivity contribution in [1.82, 2.24) is 0 Å². The molecule has 29 heavy (non-hydrogen) atoms. The second kappa shape index (κ2) is 7.03. The molecule has 0 amide bonds. The Balaban J connectivity index is 1.62. The van der Waals surface area contributed by atoms with E-state index in [-0.39, 0.29) is 29.3 Å². The van der Waals surface area contributed by atoms with Crippen LogP contribution in [-0.2, 0) is 14.3 Å². The van der Waals surface area contributed by atoms with Crippen LogP contribution in [0.15, 0.2) is 0 Å². The molecule has 4 fully saturated rings. The quantitative estimate of drug-likeness (QED) is 0.619. The monoisotopic (exact) mass is 408 g/mol. The summed E-state index contributed by atoms with van der Waals surface area (Å²) in [6.07, 6.45) is 5.26. The smallest absolute Gasteiger partial charge is 0.303 e. The zero-order valence-corrected chi connectivity index (χ0v) is 17.9. The lowest BCUT2D eigenvalue weighted by atomic mass is 9.43. The maximum Gasteiger partial charge on any atom is 0.303 e. The Labute approximate surface area is 173 Å². The van der Waals surface area contributed by atoms with Crippen molar-refractivity contribution in [2.24, 2.45) is 34.5 Å². The van der Waals surface area contributed by atoms with Gasteiger partial charge in [-0.15, -0.1) is 0 Å². The van der Waals surface area contributed by atoms with Gasteiger partial charge in [-0.1, -0.05) is 13.8 Å². The molecule has 0 heterocycles. The lowest BCUT2D eigenvalue weighted by Gasteiger charge is -2.62. The molecule has 0 aromatic rings. The van der Waals surface area contributed by atoms with E-state index in [1.807, 2.05) is 6.92 Å². The molecule has 0 saturated heterocycles. The minimum absolute atomic E-state index is 0.00531. The molecule has 2 unspecified atom stereocenters. The normalized spacial score (nSPS) is 51.5. The Bertz CT molecular complexity index is 693. The molecule has 0 aliphatic heterocycles. The molecule has 4 aliphatic carbocycles. The SMILES string of the molecule is CC(=O)OCC(=O)[C@@]1(O)CC[C@H]2[C@@H]3CC[C@H]4C[C@H](O)CC[C@]4(C)[C@H]3C(O)CC21C. The first-order valence-electron chi connectivity index (χ1n) is 11.3. The molecule has 0 aromatic heterocycles. The average Bonchev–Trinajstić information content (AvgIpc) is 2.91. The molecule has 3 N–H and O–H groups in total. The van der Waals surface area contributed by atoms with Gasteiger partial charge in [0.1, 0.15) is 5.60 Å². The Morgan fingerprint density at radius 3 is 2.48 bits per heavy atom. The molecule has 9 atom stereocenters. The predicted molar refractivity (Wildman–Crippen MR) is 106 cm³/mol. The van der Waals surface area contributed by atoms with E-state index in [0.717, 1.165) is 38.5 Å². The Kier molecular flexibility index (Phi) is 5.15. The van der Waals surface area contributed by atoms with Gasteiger partial charge in [-0.25, -0.2) is 0 Å². The zero-order valence-electron chi connectivity index (χ0n) is 17.9. The van der Waals surface area contributed by atoms with Crippen LogP contribution in [0.3, 0.4) is 0 Å². The highest BCUT2D eigenvalue weighted by molar-refractivity contribution is 5.90. The van der Waals surface area contributed by atoms with Crippen LogP contribution < -0.4 is 0 Å². The van der Waals surface area contributed by atoms with Crippen molar-refractivity contribution < 1.29 is 29.6 Å². The van der Waals surface area contributed by atoms with Crippen molar-refractivity contribution in [3.8, 4) is 0 Å². The Hall–Kier alpha value is -0.980. The summed E-state index contributed by atoms with van der Waals surface area (Å²) in [4.78, 5) is 24.0. The Morgan fingerprint density at radius 1 is 1.07 bits per heavy atom. The highest BCUT2D eigenvalue weighted by Crippen LogP contribution is 2.68. The van der Waals surface area contributed by atoms with Gasteiger partial charge in [-0.2, -0.15) is 0 Å². The molecular formula is C23H36O6. The molecule has 0 bridgehead atoms. The van der Waals surface area contributed by atoms with E-state index in [9.17, 15) is 24.9 Å². The Morgan fingerprint density at radius 2 is 1.79 bits per heavy atom. The fraction of sp³-hybridized carbons (Fsp3) is 0.913. The maximum atomic E-state index is 12.9. The third-order valence-corrected chi connectivity index (χ3v) is 9.59. The summed E-state index contributed by atoms with van der Waals surface area (Å²) in [6.45, 7) is 5.09. The van der Waals surface area contributed by atoms with Crippen molar-refractivity contribution in [3.05, 3.63) is 0 Å². The summed E-state index contributed by atoms with van der Waals surface area (Å²) in [5, 5.41) is 33.0. The van der Waals surface area contributed by atoms with Crippen LogP contribution in [0.4, 0.5) is 0 Å². The fourth-order valence-electron chi connectivity index (χ4n) is 8.11. The van der Waals surface area contributed by atoms with Crippen LogP contribution in [0, 0.1) is 34.5 Å². The lowest BCUT2D eigenvalue weighted by molar-refractivity contribution is -0.203. The summed E-state index contributed by atoms with van der Waals surface area (Å²) in [5.74, 6) is 0.0536. The first kappa shape index (κ1) is 21.3. The van der Waals surface area contributed by atoms with Crippen molar-refractivity contribution in [1.29, 1.82) is 0 Å². The second-order valence-corrected chi connectivity index (χ2v) is 10.8. The first-order chi connectivity index (χ1) is 13.5. The zero-order chi connectivity index (χ0) is 21.2. The van der Waals surface area contributed by atoms with Gasteiger partial charge < -0.3 is 20.1 Å². The summed E-state index contributed by atoms with van der Waals surface area (Å²) in [6, 6.07) is 0. The molecule has 4 saturated carbocycles. The van der Waals surface area contributed by atoms with Crippen molar-refractivity contribution in [3.63, 3.8) is 0 Å². The number of carbonyl (C=O) groups excluding carboxylic acids is 2. The standard InChI is InChI=1S/C23H36O6/c1-13(24)29-12-19(27)23(28)9-7-17-16-5-4-14-10-15(25)6-8-21(14,2)20(16)18(26)11-22(17,23)3/h14-18,20,25-26,28H,4-12H2,1-3H3/t14-,15+,16-,17-,18?,20+,21-,22?,23-/m0/s1. The van der Waals surface area contributed by atoms with Crippen LogP contribution in [0.1, 0.15) is 72.1 Å². The molecule has 6 heteroatoms. The number of fused-ring (bicyclic) bond motifs is 5. The van der Waals surface area contributed by atoms with E-state index < -0.39 is 35.5 Å². The maximum absolute atomic E-state index is 12.9. The van der Waals surface area contributed by atoms with E-state index in [2.05, 4.69) is 6.92 Å². The molecular weight excluding hydrogens is 372 g/mol. The van der Waals surface area contributed by atoms with Crippen molar-refractivity contribution in [2.45, 2.75) is 89.9 Å². The summed E-state index contributed by atoms with van der Waals surface area (Å²) in [7, 11) is 0. The van der Waals surface area contributed by atoms with Crippen molar-refractivity contribution in [2.75, 3.05) is 6.61 Å². The van der Waals surface area contributed by atoms with E-state index in [1.165, 1.54) is 6.92 Å². The highest BCUT2D eigenvalue weighted by atomic mass is 16.5. The number of hydrogen-bond donors (Lipinski definition) is 3. The van der Waals surface area contributed by atoms with Gasteiger partial charge in [0, 0.05) is 12.3 Å². The third-order valence-electron chi connectivity index (χ3n) is 9.59. The summed E-state index contributed by atoms with van der Waals surface area (Å²) < 4.78 is 4.90. The van der Waals surface area contributed by atoms with Gasteiger partial charge in [-0.05, 0) is 80.5 Å². The third kappa shape index (κ3) is 3.01. The van der Waals surface area contributed by atoms with Gasteiger partial charge in [0.15, 0.2) is 6.61 Å². The topological polar surface area (TPSA) is 104 Å². The molecule has 164 valence electrons. The van der Waals surface area contributed by atoms with Crippen LogP contribution in [0.5, 0.6) is 0 Å². The van der Waals surface area contributed by atoms with Gasteiger partial charge in [0.25, 0.3) is 0 Å². The largest absolute Gasteiger partial charge is 0.458 e. The van der Waals surface area contributed by atoms with Gasteiger partial charge in [0.2, 0.25) is 5.78 Å². The second-order valence-electron chi connectivity index (χ2n) is 10.8. The number of Topliss-reactive ketones (excluding diaryl/α,β-unsaturated/α-hetero) is 1. The number of rotatable bonds is 3. The molecule has 4 rings (SSSR count). The summed E-state index contributed by atoms with van der Waals surface area (Å²) >= 11 is 0. The lowest BCUT2D eigenvalue weighted by Crippen LogP contribution is -2.63. The number of aliphatic hydroxyl groups is 3. The van der Waals surface area contributed by atoms with Gasteiger partial charge in [0.05, 0.1) is 12.2 Å². The van der Waals surface area contributed by atoms with Gasteiger partial charge in [-0.3, -0.25) is 9.59 Å². The molecule has 6 nitrogen and oxygen atoms in total. The minimum atomic E-state index is -1.56. The number of ketones is 1. The first-order valence-corrected chi connectivity index (χ1v) is 11.3. The predicted octanol–water partition coefficient (Wildman–Crippen LogP) is 2.22. The summed E-state index contributed by atoms with van der Waals surface area (Å²) in [5.41, 5.74) is -2.26. The fourth-order valence-corrected chi connectivity index (χ4v) is 8.11. The number of hydrogen-bond acceptors (Lipinski definition) is 6. The van der Waals surface area contributed by atoms with Crippen molar-refractivity contribution >= 4 is 11.8 Å². The van der Waals surface area contributed by atoms with E-state index in [0.29, 0.717) is 18.8 Å². The van der Waals surface area contributed by atoms with Crippen LogP contribution >= 0.6 is 0 Å². The van der Waals surface area contributed by atoms with Crippen LogP contribution in [0.25, 0.3) is 0 Å². The number of carbonyl (C=O) groups is 2. The van der Waals surface area contributed by atoms with Gasteiger partial charge >= 0.3 is 5.97 Å². The molecule has 4 aliphatic rings. The van der Waals surface area contributed by atoms with Crippen LogP contribution in [-0.4, -0.2) is 51.5 Å². The van der Waals surface area contributed by atoms with E-state index >= 15 is 0 Å². The van der Waals surface area contributed by atoms with E-state index in [1.54, 1.807) is 0 Å². The number of aliphatic hydroxyl groups excluding tert-OH is 2. The molecule has 0 aromatic carbocycles. The highest BCUT2D eigenvalue weighted by Gasteiger charge is 2.68. The van der Waals surface area contributed by atoms with Crippen LogP contribution in [0.2, 0.25) is 0 Å².